The Balaban J connectivity index is 1.55. The van der Waals surface area contributed by atoms with Crippen molar-refractivity contribution in [3.8, 4) is 21.9 Å². The Morgan fingerprint density at radius 3 is 2.46 bits per heavy atom. The van der Waals surface area contributed by atoms with Gasteiger partial charge in [-0.1, -0.05) is 60.7 Å². The van der Waals surface area contributed by atoms with Crippen molar-refractivity contribution in [2.24, 2.45) is 5.73 Å². The summed E-state index contributed by atoms with van der Waals surface area (Å²) in [4.78, 5) is 13.5. The van der Waals surface area contributed by atoms with E-state index in [4.69, 9.17) is 10.5 Å². The highest BCUT2D eigenvalue weighted by atomic mass is 32.1. The third-order valence-electron chi connectivity index (χ3n) is 6.23. The van der Waals surface area contributed by atoms with Gasteiger partial charge in [-0.05, 0) is 53.4 Å². The molecule has 0 saturated carbocycles. The van der Waals surface area contributed by atoms with Crippen LogP contribution in [-0.2, 0) is 6.54 Å². The first kappa shape index (κ1) is 21.2. The third kappa shape index (κ3) is 3.86. The van der Waals surface area contributed by atoms with Crippen molar-refractivity contribution in [1.82, 2.24) is 4.57 Å². The van der Waals surface area contributed by atoms with E-state index in [1.807, 2.05) is 60.7 Å². The Hall–Kier alpha value is -4.35. The molecular formula is C30H22N2O2S. The lowest BCUT2D eigenvalue weighted by atomic mass is 10.0. The zero-order valence-electron chi connectivity index (χ0n) is 18.8. The number of rotatable bonds is 6. The van der Waals surface area contributed by atoms with Gasteiger partial charge in [-0.3, -0.25) is 4.79 Å². The number of hydrogen-bond acceptors (Lipinski definition) is 3. The van der Waals surface area contributed by atoms with E-state index >= 15 is 0 Å². The van der Waals surface area contributed by atoms with Crippen molar-refractivity contribution in [3.63, 3.8) is 0 Å². The lowest BCUT2D eigenvalue weighted by molar-refractivity contribution is 0.100. The first-order valence-corrected chi connectivity index (χ1v) is 12.3. The summed E-state index contributed by atoms with van der Waals surface area (Å²) in [6.45, 7) is 0.582. The van der Waals surface area contributed by atoms with E-state index in [0.717, 1.165) is 44.4 Å². The highest BCUT2D eigenvalue weighted by Crippen LogP contribution is 2.37. The topological polar surface area (TPSA) is 57.2 Å². The van der Waals surface area contributed by atoms with Crippen molar-refractivity contribution in [1.29, 1.82) is 0 Å². The first-order chi connectivity index (χ1) is 17.2. The second kappa shape index (κ2) is 8.78. The molecule has 2 N–H and O–H groups in total. The number of ether oxygens (including phenoxy) is 1. The Morgan fingerprint density at radius 1 is 0.829 bits per heavy atom. The average molecular weight is 475 g/mol. The molecule has 0 aliphatic carbocycles. The molecular weight excluding hydrogens is 452 g/mol. The molecule has 0 fully saturated rings. The molecule has 0 radical (unpaired) electrons. The van der Waals surface area contributed by atoms with Gasteiger partial charge < -0.3 is 15.0 Å². The number of benzene rings is 4. The van der Waals surface area contributed by atoms with Crippen molar-refractivity contribution in [2.45, 2.75) is 6.54 Å². The Kier molecular flexibility index (Phi) is 5.32. The van der Waals surface area contributed by atoms with E-state index < -0.39 is 5.91 Å². The standard InChI is InChI=1S/C30H22N2O2S/c31-30(33)24-11-6-12-25-29(24)23-16-15-20(28-14-7-17-35-28)18-26(23)32(25)19-21-8-4-5-13-27(21)34-22-9-2-1-3-10-22/h1-18H,19H2,(H2,31,33). The van der Waals surface area contributed by atoms with Crippen LogP contribution in [0.25, 0.3) is 32.2 Å². The number of amides is 1. The Labute approximate surface area is 206 Å². The summed E-state index contributed by atoms with van der Waals surface area (Å²) in [5.74, 6) is 1.16. The number of nitrogens with zero attached hydrogens (tertiary/aromatic N) is 1. The number of para-hydroxylation sites is 2. The summed E-state index contributed by atoms with van der Waals surface area (Å²) in [5.41, 5.74) is 10.5. The SMILES string of the molecule is NC(=O)c1cccc2c1c1ccc(-c3cccs3)cc1n2Cc1ccccc1Oc1ccccc1. The average Bonchev–Trinajstić information content (AvgIpc) is 3.53. The van der Waals surface area contributed by atoms with E-state index in [1.54, 1.807) is 17.4 Å². The predicted octanol–water partition coefficient (Wildman–Crippen LogP) is 7.46. The molecule has 5 heteroatoms. The fraction of sp³-hybridized carbons (Fsp3) is 0.0333. The molecule has 4 aromatic carbocycles. The number of aromatic nitrogens is 1. The number of carbonyl (C=O) groups excluding carboxylic acids is 1. The molecule has 0 aliphatic heterocycles. The van der Waals surface area contributed by atoms with Crippen molar-refractivity contribution < 1.29 is 9.53 Å². The molecule has 1 amide bonds. The Morgan fingerprint density at radius 2 is 1.66 bits per heavy atom. The second-order valence-corrected chi connectivity index (χ2v) is 9.33. The van der Waals surface area contributed by atoms with Gasteiger partial charge in [0, 0.05) is 26.8 Å². The van der Waals surface area contributed by atoms with Crippen LogP contribution in [0.4, 0.5) is 0 Å². The molecule has 35 heavy (non-hydrogen) atoms. The molecule has 2 aromatic heterocycles. The summed E-state index contributed by atoms with van der Waals surface area (Å²) >= 11 is 1.71. The van der Waals surface area contributed by atoms with Crippen molar-refractivity contribution in [3.05, 3.63) is 120 Å². The smallest absolute Gasteiger partial charge is 0.249 e. The van der Waals surface area contributed by atoms with Crippen LogP contribution in [0.15, 0.2) is 109 Å². The largest absolute Gasteiger partial charge is 0.457 e. The van der Waals surface area contributed by atoms with Gasteiger partial charge in [-0.25, -0.2) is 0 Å². The lowest BCUT2D eigenvalue weighted by Gasteiger charge is -2.14. The van der Waals surface area contributed by atoms with Crippen LogP contribution in [0.3, 0.4) is 0 Å². The molecule has 6 aromatic rings. The van der Waals surface area contributed by atoms with Crippen LogP contribution in [-0.4, -0.2) is 10.5 Å². The van der Waals surface area contributed by atoms with Crippen LogP contribution < -0.4 is 10.5 Å². The van der Waals surface area contributed by atoms with Gasteiger partial charge >= 0.3 is 0 Å². The number of carbonyl (C=O) groups is 1. The second-order valence-electron chi connectivity index (χ2n) is 8.38. The van der Waals surface area contributed by atoms with Gasteiger partial charge in [0.1, 0.15) is 11.5 Å². The molecule has 6 rings (SSSR count). The fourth-order valence-electron chi connectivity index (χ4n) is 4.64. The molecule has 0 aliphatic rings. The molecule has 0 bridgehead atoms. The monoisotopic (exact) mass is 474 g/mol. The highest BCUT2D eigenvalue weighted by molar-refractivity contribution is 7.13. The van der Waals surface area contributed by atoms with Crippen LogP contribution >= 0.6 is 11.3 Å². The van der Waals surface area contributed by atoms with Crippen molar-refractivity contribution in [2.75, 3.05) is 0 Å². The predicted molar refractivity (Wildman–Crippen MR) is 143 cm³/mol. The summed E-state index contributed by atoms with van der Waals surface area (Å²) < 4.78 is 8.49. The zero-order valence-corrected chi connectivity index (χ0v) is 19.7. The highest BCUT2D eigenvalue weighted by Gasteiger charge is 2.18. The maximum atomic E-state index is 12.3. The Bertz CT molecular complexity index is 1670. The molecule has 4 nitrogen and oxygen atoms in total. The van der Waals surface area contributed by atoms with E-state index in [9.17, 15) is 4.79 Å². The maximum absolute atomic E-state index is 12.3. The minimum atomic E-state index is -0.426. The van der Waals surface area contributed by atoms with Gasteiger partial charge in [-0.15, -0.1) is 11.3 Å². The molecule has 2 heterocycles. The number of nitrogens with two attached hydrogens (primary N) is 1. The van der Waals surface area contributed by atoms with Crippen molar-refractivity contribution >= 4 is 39.0 Å². The van der Waals surface area contributed by atoms with E-state index in [2.05, 4.69) is 46.3 Å². The summed E-state index contributed by atoms with van der Waals surface area (Å²) in [7, 11) is 0. The summed E-state index contributed by atoms with van der Waals surface area (Å²) in [6.07, 6.45) is 0. The summed E-state index contributed by atoms with van der Waals surface area (Å²) in [6, 6.07) is 34.2. The van der Waals surface area contributed by atoms with Gasteiger partial charge in [0.15, 0.2) is 0 Å². The van der Waals surface area contributed by atoms with Crippen LogP contribution in [0.2, 0.25) is 0 Å². The fourth-order valence-corrected chi connectivity index (χ4v) is 5.36. The molecule has 0 unspecified atom stereocenters. The van der Waals surface area contributed by atoms with Gasteiger partial charge in [0.2, 0.25) is 5.91 Å². The number of fused-ring (bicyclic) bond motifs is 3. The van der Waals surface area contributed by atoms with E-state index in [0.29, 0.717) is 12.1 Å². The first-order valence-electron chi connectivity index (χ1n) is 11.4. The molecule has 170 valence electrons. The lowest BCUT2D eigenvalue weighted by Crippen LogP contribution is -2.11. The summed E-state index contributed by atoms with van der Waals surface area (Å²) in [5, 5.41) is 3.97. The molecule has 0 spiro atoms. The van der Waals surface area contributed by atoms with Crippen LogP contribution in [0, 0.1) is 0 Å². The number of thiophene rings is 1. The zero-order chi connectivity index (χ0) is 23.8. The van der Waals surface area contributed by atoms with E-state index in [-0.39, 0.29) is 0 Å². The van der Waals surface area contributed by atoms with E-state index in [1.165, 1.54) is 4.88 Å². The number of primary amides is 1. The number of hydrogen-bond donors (Lipinski definition) is 1. The minimum absolute atomic E-state index is 0.426. The van der Waals surface area contributed by atoms with Gasteiger partial charge in [0.25, 0.3) is 0 Å². The molecule has 0 atom stereocenters. The quantitative estimate of drug-likeness (QED) is 0.272. The normalized spacial score (nSPS) is 11.2. The third-order valence-corrected chi connectivity index (χ3v) is 7.15. The minimum Gasteiger partial charge on any atom is -0.457 e. The maximum Gasteiger partial charge on any atom is 0.249 e. The van der Waals surface area contributed by atoms with Crippen LogP contribution in [0.1, 0.15) is 15.9 Å². The van der Waals surface area contributed by atoms with Gasteiger partial charge in [-0.2, -0.15) is 0 Å². The molecule has 0 saturated heterocycles. The van der Waals surface area contributed by atoms with Crippen LogP contribution in [0.5, 0.6) is 11.5 Å². The van der Waals surface area contributed by atoms with Gasteiger partial charge in [0.05, 0.1) is 17.6 Å².